The number of hydrogen-bond donors (Lipinski definition) is 2. The average Bonchev–Trinajstić information content (AvgIpc) is 3.29. The van der Waals surface area contributed by atoms with E-state index in [9.17, 15) is 0 Å². The van der Waals surface area contributed by atoms with Crippen molar-refractivity contribution in [3.05, 3.63) is 95.8 Å². The van der Waals surface area contributed by atoms with Gasteiger partial charge in [-0.3, -0.25) is 0 Å². The van der Waals surface area contributed by atoms with Gasteiger partial charge in [0.25, 0.3) is 0 Å². The molecule has 0 saturated heterocycles. The molecule has 3 aromatic carbocycles. The van der Waals surface area contributed by atoms with Crippen LogP contribution in [0.4, 0.5) is 11.5 Å². The van der Waals surface area contributed by atoms with Crippen LogP contribution in [0.25, 0.3) is 22.3 Å². The zero-order valence-corrected chi connectivity index (χ0v) is 18.6. The standard InChI is InChI=1S/C26H21ClN4O2/c1-32-24-12-18(10-11-23(24)33-15-17-6-3-2-4-7-17)22-14-21-25(28-16-29-26(21)31-22)30-20-9-5-8-19(27)13-20/h2-14,16H,15H2,1H3,(H2,28,29,30,31). The van der Waals surface area contributed by atoms with Gasteiger partial charge in [0.05, 0.1) is 12.5 Å². The minimum atomic E-state index is 0.469. The van der Waals surface area contributed by atoms with Crippen molar-refractivity contribution in [2.75, 3.05) is 12.4 Å². The van der Waals surface area contributed by atoms with E-state index < -0.39 is 0 Å². The second-order valence-corrected chi connectivity index (χ2v) is 7.88. The van der Waals surface area contributed by atoms with Crippen molar-refractivity contribution < 1.29 is 9.47 Å². The monoisotopic (exact) mass is 456 g/mol. The molecule has 0 atom stereocenters. The van der Waals surface area contributed by atoms with E-state index in [2.05, 4.69) is 20.3 Å². The molecule has 2 N–H and O–H groups in total. The fourth-order valence-corrected chi connectivity index (χ4v) is 3.78. The summed E-state index contributed by atoms with van der Waals surface area (Å²) in [6.45, 7) is 0.469. The van der Waals surface area contributed by atoms with Gasteiger partial charge in [0, 0.05) is 22.0 Å². The maximum absolute atomic E-state index is 6.11. The molecule has 0 aliphatic carbocycles. The molecule has 0 aliphatic rings. The summed E-state index contributed by atoms with van der Waals surface area (Å²) in [6.07, 6.45) is 1.52. The molecular formula is C26H21ClN4O2. The Kier molecular flexibility index (Phi) is 5.83. The maximum Gasteiger partial charge on any atom is 0.161 e. The average molecular weight is 457 g/mol. The third-order valence-electron chi connectivity index (χ3n) is 5.22. The first-order valence-electron chi connectivity index (χ1n) is 10.4. The maximum atomic E-state index is 6.11. The topological polar surface area (TPSA) is 72.1 Å². The number of aromatic amines is 1. The molecule has 0 saturated carbocycles. The molecule has 5 aromatic rings. The van der Waals surface area contributed by atoms with E-state index in [4.69, 9.17) is 21.1 Å². The number of fused-ring (bicyclic) bond motifs is 1. The van der Waals surface area contributed by atoms with Crippen LogP contribution in [-0.2, 0) is 6.61 Å². The van der Waals surface area contributed by atoms with Crippen molar-refractivity contribution >= 4 is 34.1 Å². The molecule has 0 amide bonds. The van der Waals surface area contributed by atoms with E-state index >= 15 is 0 Å². The molecule has 0 fully saturated rings. The van der Waals surface area contributed by atoms with Gasteiger partial charge in [0.1, 0.15) is 24.4 Å². The molecule has 7 heteroatoms. The molecule has 0 spiro atoms. The highest BCUT2D eigenvalue weighted by Crippen LogP contribution is 2.35. The minimum absolute atomic E-state index is 0.469. The molecule has 6 nitrogen and oxygen atoms in total. The van der Waals surface area contributed by atoms with Crippen LogP contribution < -0.4 is 14.8 Å². The van der Waals surface area contributed by atoms with Crippen molar-refractivity contribution in [2.24, 2.45) is 0 Å². The van der Waals surface area contributed by atoms with Crippen LogP contribution in [-0.4, -0.2) is 22.1 Å². The smallest absolute Gasteiger partial charge is 0.161 e. The van der Waals surface area contributed by atoms with Crippen LogP contribution >= 0.6 is 11.6 Å². The van der Waals surface area contributed by atoms with Gasteiger partial charge in [-0.15, -0.1) is 0 Å². The van der Waals surface area contributed by atoms with E-state index in [1.54, 1.807) is 7.11 Å². The van der Waals surface area contributed by atoms with Gasteiger partial charge in [-0.1, -0.05) is 48.0 Å². The Labute approximate surface area is 196 Å². The fourth-order valence-electron chi connectivity index (χ4n) is 3.59. The Morgan fingerprint density at radius 1 is 0.909 bits per heavy atom. The molecule has 33 heavy (non-hydrogen) atoms. The number of H-pyrrole nitrogens is 1. The first kappa shape index (κ1) is 20.8. The summed E-state index contributed by atoms with van der Waals surface area (Å²) in [7, 11) is 1.64. The number of methoxy groups -OCH3 is 1. The Hall–Kier alpha value is -4.03. The van der Waals surface area contributed by atoms with Gasteiger partial charge in [-0.2, -0.15) is 0 Å². The van der Waals surface area contributed by atoms with Crippen LogP contribution in [0, 0.1) is 0 Å². The third-order valence-corrected chi connectivity index (χ3v) is 5.46. The molecule has 0 bridgehead atoms. The van der Waals surface area contributed by atoms with Crippen molar-refractivity contribution in [2.45, 2.75) is 6.61 Å². The van der Waals surface area contributed by atoms with Crippen LogP contribution in [0.15, 0.2) is 85.2 Å². The third kappa shape index (κ3) is 4.61. The van der Waals surface area contributed by atoms with Crippen molar-refractivity contribution in [3.8, 4) is 22.8 Å². The summed E-state index contributed by atoms with van der Waals surface area (Å²) in [5.74, 6) is 2.04. The molecule has 5 rings (SSSR count). The van der Waals surface area contributed by atoms with Crippen LogP contribution in [0.5, 0.6) is 11.5 Å². The molecule has 2 heterocycles. The summed E-state index contributed by atoms with van der Waals surface area (Å²) in [5.41, 5.74) is 4.52. The summed E-state index contributed by atoms with van der Waals surface area (Å²) < 4.78 is 11.6. The Morgan fingerprint density at radius 3 is 2.61 bits per heavy atom. The Balaban J connectivity index is 1.42. The number of nitrogens with zero attached hydrogens (tertiary/aromatic N) is 2. The highest BCUT2D eigenvalue weighted by atomic mass is 35.5. The number of nitrogens with one attached hydrogen (secondary N) is 2. The lowest BCUT2D eigenvalue weighted by atomic mass is 10.1. The minimum Gasteiger partial charge on any atom is -0.493 e. The highest BCUT2D eigenvalue weighted by molar-refractivity contribution is 6.30. The van der Waals surface area contributed by atoms with Crippen LogP contribution in [0.3, 0.4) is 0 Å². The van der Waals surface area contributed by atoms with E-state index in [-0.39, 0.29) is 0 Å². The largest absolute Gasteiger partial charge is 0.493 e. The molecule has 2 aromatic heterocycles. The van der Waals surface area contributed by atoms with Gasteiger partial charge >= 0.3 is 0 Å². The lowest BCUT2D eigenvalue weighted by Gasteiger charge is -2.12. The van der Waals surface area contributed by atoms with E-state index in [0.717, 1.165) is 33.5 Å². The first-order valence-corrected chi connectivity index (χ1v) is 10.8. The predicted octanol–water partition coefficient (Wildman–Crippen LogP) is 6.61. The van der Waals surface area contributed by atoms with Gasteiger partial charge in [-0.25, -0.2) is 9.97 Å². The first-order chi connectivity index (χ1) is 16.2. The van der Waals surface area contributed by atoms with Crippen LogP contribution in [0.1, 0.15) is 5.56 Å². The second kappa shape index (κ2) is 9.22. The predicted molar refractivity (Wildman–Crippen MR) is 131 cm³/mol. The normalized spacial score (nSPS) is 10.8. The van der Waals surface area contributed by atoms with Crippen molar-refractivity contribution in [3.63, 3.8) is 0 Å². The summed E-state index contributed by atoms with van der Waals surface area (Å²) >= 11 is 6.11. The summed E-state index contributed by atoms with van der Waals surface area (Å²) in [5, 5.41) is 4.84. The number of ether oxygens (including phenoxy) is 2. The molecule has 164 valence electrons. The lowest BCUT2D eigenvalue weighted by molar-refractivity contribution is 0.284. The van der Waals surface area contributed by atoms with Crippen molar-refractivity contribution in [1.29, 1.82) is 0 Å². The lowest BCUT2D eigenvalue weighted by Crippen LogP contribution is -1.97. The summed E-state index contributed by atoms with van der Waals surface area (Å²) in [6, 6.07) is 25.4. The zero-order valence-electron chi connectivity index (χ0n) is 17.9. The van der Waals surface area contributed by atoms with Gasteiger partial charge in [-0.05, 0) is 48.0 Å². The van der Waals surface area contributed by atoms with Gasteiger partial charge in [0.2, 0.25) is 0 Å². The van der Waals surface area contributed by atoms with Gasteiger partial charge < -0.3 is 19.8 Å². The van der Waals surface area contributed by atoms with Crippen molar-refractivity contribution in [1.82, 2.24) is 15.0 Å². The fraction of sp³-hybridized carbons (Fsp3) is 0.0769. The Morgan fingerprint density at radius 2 is 1.79 bits per heavy atom. The number of aromatic nitrogens is 3. The summed E-state index contributed by atoms with van der Waals surface area (Å²) in [4.78, 5) is 12.2. The Bertz CT molecular complexity index is 1400. The second-order valence-electron chi connectivity index (χ2n) is 7.44. The zero-order chi connectivity index (χ0) is 22.6. The number of halogens is 1. The van der Waals surface area contributed by atoms with Gasteiger partial charge in [0.15, 0.2) is 11.5 Å². The molecule has 0 unspecified atom stereocenters. The number of hydrogen-bond acceptors (Lipinski definition) is 5. The van der Waals surface area contributed by atoms with E-state index in [1.807, 2.05) is 78.9 Å². The number of benzene rings is 3. The van der Waals surface area contributed by atoms with E-state index in [1.165, 1.54) is 6.33 Å². The quantitative estimate of drug-likeness (QED) is 0.288. The molecular weight excluding hydrogens is 436 g/mol. The highest BCUT2D eigenvalue weighted by Gasteiger charge is 2.13. The molecule has 0 aliphatic heterocycles. The number of rotatable bonds is 7. The molecule has 0 radical (unpaired) electrons. The van der Waals surface area contributed by atoms with E-state index in [0.29, 0.717) is 28.9 Å². The SMILES string of the molecule is COc1cc(-c2cc3c(Nc4cccc(Cl)c4)ncnc3[nH]2)ccc1OCc1ccccc1. The number of anilines is 2. The van der Waals surface area contributed by atoms with Crippen LogP contribution in [0.2, 0.25) is 5.02 Å².